The topological polar surface area (TPSA) is 86.8 Å². The lowest BCUT2D eigenvalue weighted by molar-refractivity contribution is -0.141. The molecule has 1 atom stereocenters. The van der Waals surface area contributed by atoms with Gasteiger partial charge in [0.05, 0.1) is 31.2 Å². The molecule has 0 saturated carbocycles. The summed E-state index contributed by atoms with van der Waals surface area (Å²) < 4.78 is 69.4. The zero-order valence-corrected chi connectivity index (χ0v) is 27.3. The van der Waals surface area contributed by atoms with E-state index in [0.717, 1.165) is 11.0 Å². The minimum absolute atomic E-state index is 0.130. The Hall–Kier alpha value is -2.99. The van der Waals surface area contributed by atoms with E-state index < -0.39 is 57.4 Å². The standard InChI is InChI=1S/C30H31Cl3F3N3O4S/c1-5-25(28(41)37-29(2,3)4)38(17-19-11-13-22(31)24(33)15-19)27(40)18-39(44(42,43)21-9-7-6-8-10-21)26-16-20(30(34,35)36)12-14-23(26)32/h6-16,25H,5,17-18H2,1-4H3,(H,37,41)/t25-/m0/s1. The van der Waals surface area contributed by atoms with Gasteiger partial charge in [0.15, 0.2) is 0 Å². The number of hydrogen-bond acceptors (Lipinski definition) is 4. The highest BCUT2D eigenvalue weighted by atomic mass is 35.5. The molecule has 2 amide bonds. The number of alkyl halides is 3. The minimum Gasteiger partial charge on any atom is -0.350 e. The van der Waals surface area contributed by atoms with E-state index in [1.165, 1.54) is 36.4 Å². The number of amides is 2. The number of carbonyl (C=O) groups excluding carboxylic acids is 2. The number of anilines is 1. The van der Waals surface area contributed by atoms with E-state index in [0.29, 0.717) is 22.0 Å². The molecule has 0 fully saturated rings. The first kappa shape index (κ1) is 35.5. The lowest BCUT2D eigenvalue weighted by Gasteiger charge is -2.35. The number of nitrogens with zero attached hydrogens (tertiary/aromatic N) is 2. The van der Waals surface area contributed by atoms with Crippen LogP contribution in [0.25, 0.3) is 0 Å². The number of rotatable bonds is 10. The SMILES string of the molecule is CC[C@@H](C(=O)NC(C)(C)C)N(Cc1ccc(Cl)c(Cl)c1)C(=O)CN(c1cc(C(F)(F)F)ccc1Cl)S(=O)(=O)c1ccccc1. The van der Waals surface area contributed by atoms with Crippen LogP contribution in [0.3, 0.4) is 0 Å². The molecule has 3 aromatic carbocycles. The summed E-state index contributed by atoms with van der Waals surface area (Å²) in [5.74, 6) is -1.39. The molecular weight excluding hydrogens is 662 g/mol. The van der Waals surface area contributed by atoms with E-state index in [1.807, 2.05) is 0 Å². The first-order valence-corrected chi connectivity index (χ1v) is 15.9. The molecule has 7 nitrogen and oxygen atoms in total. The predicted molar refractivity (Wildman–Crippen MR) is 166 cm³/mol. The van der Waals surface area contributed by atoms with Crippen LogP contribution >= 0.6 is 34.8 Å². The highest BCUT2D eigenvalue weighted by Crippen LogP contribution is 2.37. The summed E-state index contributed by atoms with van der Waals surface area (Å²) in [6.07, 6.45) is -4.70. The van der Waals surface area contributed by atoms with E-state index >= 15 is 0 Å². The number of hydrogen-bond donors (Lipinski definition) is 1. The van der Waals surface area contributed by atoms with Gasteiger partial charge in [-0.15, -0.1) is 0 Å². The van der Waals surface area contributed by atoms with Crippen molar-refractivity contribution in [3.05, 3.63) is 92.9 Å². The summed E-state index contributed by atoms with van der Waals surface area (Å²) in [7, 11) is -4.64. The fourth-order valence-corrected chi connectivity index (χ4v) is 6.36. The molecule has 44 heavy (non-hydrogen) atoms. The summed E-state index contributed by atoms with van der Waals surface area (Å²) in [5.41, 5.74) is -1.91. The van der Waals surface area contributed by atoms with Gasteiger partial charge in [0.25, 0.3) is 10.0 Å². The minimum atomic E-state index is -4.83. The molecule has 0 unspecified atom stereocenters. The molecule has 0 spiro atoms. The molecular formula is C30H31Cl3F3N3O4S. The van der Waals surface area contributed by atoms with Crippen molar-refractivity contribution in [3.63, 3.8) is 0 Å². The average molecular weight is 693 g/mol. The summed E-state index contributed by atoms with van der Waals surface area (Å²) in [5, 5.41) is 2.94. The molecule has 3 rings (SSSR count). The average Bonchev–Trinajstić information content (AvgIpc) is 2.92. The smallest absolute Gasteiger partial charge is 0.350 e. The van der Waals surface area contributed by atoms with Crippen LogP contribution in [0.1, 0.15) is 45.2 Å². The third-order valence-corrected chi connectivity index (χ3v) is 9.21. The van der Waals surface area contributed by atoms with Crippen LogP contribution in [0.4, 0.5) is 18.9 Å². The van der Waals surface area contributed by atoms with E-state index in [2.05, 4.69) is 5.32 Å². The molecule has 1 N–H and O–H groups in total. The fourth-order valence-electron chi connectivity index (χ4n) is 4.32. The highest BCUT2D eigenvalue weighted by molar-refractivity contribution is 7.92. The van der Waals surface area contributed by atoms with Gasteiger partial charge >= 0.3 is 6.18 Å². The number of sulfonamides is 1. The molecule has 0 aliphatic carbocycles. The van der Waals surface area contributed by atoms with Crippen molar-refractivity contribution in [1.82, 2.24) is 10.2 Å². The molecule has 3 aromatic rings. The number of halogens is 6. The van der Waals surface area contributed by atoms with Crippen molar-refractivity contribution in [2.24, 2.45) is 0 Å². The van der Waals surface area contributed by atoms with Gasteiger partial charge in [-0.25, -0.2) is 8.42 Å². The predicted octanol–water partition coefficient (Wildman–Crippen LogP) is 7.58. The molecule has 0 heterocycles. The summed E-state index contributed by atoms with van der Waals surface area (Å²) >= 11 is 18.5. The van der Waals surface area contributed by atoms with Gasteiger partial charge in [-0.05, 0) is 75.2 Å². The zero-order valence-electron chi connectivity index (χ0n) is 24.3. The molecule has 0 saturated heterocycles. The molecule has 14 heteroatoms. The van der Waals surface area contributed by atoms with Crippen molar-refractivity contribution in [2.75, 3.05) is 10.8 Å². The van der Waals surface area contributed by atoms with Crippen molar-refractivity contribution >= 4 is 62.3 Å². The van der Waals surface area contributed by atoms with Crippen LogP contribution in [0.5, 0.6) is 0 Å². The Bertz CT molecular complexity index is 1620. The third-order valence-electron chi connectivity index (χ3n) is 6.37. The Balaban J connectivity index is 2.18. The van der Waals surface area contributed by atoms with Crippen LogP contribution in [-0.4, -0.2) is 43.3 Å². The van der Waals surface area contributed by atoms with Crippen molar-refractivity contribution in [1.29, 1.82) is 0 Å². The number of nitrogens with one attached hydrogen (secondary N) is 1. The van der Waals surface area contributed by atoms with Gasteiger partial charge in [-0.1, -0.05) is 66.0 Å². The molecule has 0 aliphatic rings. The molecule has 0 radical (unpaired) electrons. The summed E-state index contributed by atoms with van der Waals surface area (Å²) in [6, 6.07) is 12.6. The van der Waals surface area contributed by atoms with Crippen LogP contribution in [0, 0.1) is 0 Å². The quantitative estimate of drug-likeness (QED) is 0.237. The fraction of sp³-hybridized carbons (Fsp3) is 0.333. The lowest BCUT2D eigenvalue weighted by Crippen LogP contribution is -2.55. The van der Waals surface area contributed by atoms with Gasteiger partial charge in [-0.2, -0.15) is 13.2 Å². The molecule has 238 valence electrons. The van der Waals surface area contributed by atoms with Crippen LogP contribution < -0.4 is 9.62 Å². The van der Waals surface area contributed by atoms with Crippen molar-refractivity contribution < 1.29 is 31.2 Å². The van der Waals surface area contributed by atoms with E-state index in [4.69, 9.17) is 34.8 Å². The second-order valence-electron chi connectivity index (χ2n) is 10.9. The van der Waals surface area contributed by atoms with Gasteiger partial charge in [0, 0.05) is 12.1 Å². The Kier molecular flexibility index (Phi) is 11.3. The lowest BCUT2D eigenvalue weighted by atomic mass is 10.1. The molecule has 0 aliphatic heterocycles. The monoisotopic (exact) mass is 691 g/mol. The van der Waals surface area contributed by atoms with Gasteiger partial charge in [0.2, 0.25) is 11.8 Å². The maximum atomic E-state index is 14.1. The second kappa shape index (κ2) is 14.0. The Morgan fingerprint density at radius 1 is 0.886 bits per heavy atom. The zero-order chi connectivity index (χ0) is 33.0. The number of benzene rings is 3. The molecule has 0 bridgehead atoms. The molecule has 0 aromatic heterocycles. The normalized spacial score (nSPS) is 12.9. The van der Waals surface area contributed by atoms with Crippen molar-refractivity contribution in [3.8, 4) is 0 Å². The number of carbonyl (C=O) groups is 2. The Morgan fingerprint density at radius 2 is 1.50 bits per heavy atom. The van der Waals surface area contributed by atoms with Gasteiger partial charge in [0.1, 0.15) is 12.6 Å². The largest absolute Gasteiger partial charge is 0.416 e. The van der Waals surface area contributed by atoms with Gasteiger partial charge in [-0.3, -0.25) is 13.9 Å². The van der Waals surface area contributed by atoms with E-state index in [-0.39, 0.29) is 32.9 Å². The van der Waals surface area contributed by atoms with E-state index in [9.17, 15) is 31.2 Å². The van der Waals surface area contributed by atoms with Crippen LogP contribution in [0.15, 0.2) is 71.6 Å². The first-order valence-electron chi connectivity index (χ1n) is 13.3. The highest BCUT2D eigenvalue weighted by Gasteiger charge is 2.37. The second-order valence-corrected chi connectivity index (χ2v) is 14.0. The van der Waals surface area contributed by atoms with Crippen LogP contribution in [-0.2, 0) is 32.3 Å². The summed E-state index contributed by atoms with van der Waals surface area (Å²) in [6.45, 7) is 5.77. The summed E-state index contributed by atoms with van der Waals surface area (Å²) in [4.78, 5) is 28.4. The van der Waals surface area contributed by atoms with Crippen LogP contribution in [0.2, 0.25) is 15.1 Å². The maximum absolute atomic E-state index is 14.1. The van der Waals surface area contributed by atoms with E-state index in [1.54, 1.807) is 39.8 Å². The third kappa shape index (κ3) is 8.80. The maximum Gasteiger partial charge on any atom is 0.416 e. The Labute approximate surface area is 269 Å². The van der Waals surface area contributed by atoms with Crippen molar-refractivity contribution in [2.45, 2.75) is 63.3 Å². The van der Waals surface area contributed by atoms with Gasteiger partial charge < -0.3 is 10.2 Å². The first-order chi connectivity index (χ1) is 20.3. The Morgan fingerprint density at radius 3 is 2.05 bits per heavy atom.